The number of hydrogen-bond acceptors (Lipinski definition) is 4. The number of amides is 1. The van der Waals surface area contributed by atoms with Crippen LogP contribution >= 0.6 is 0 Å². The van der Waals surface area contributed by atoms with Crippen LogP contribution in [0.1, 0.15) is 32.9 Å². The molecule has 0 saturated carbocycles. The number of carbonyl (C=O) groups excluding carboxylic acids is 1. The highest BCUT2D eigenvalue weighted by Gasteiger charge is 2.20. The molecule has 4 aromatic rings. The van der Waals surface area contributed by atoms with E-state index in [0.29, 0.717) is 16.9 Å². The average Bonchev–Trinajstić information content (AvgIpc) is 3.32. The topological polar surface area (TPSA) is 73.9 Å². The lowest BCUT2D eigenvalue weighted by Gasteiger charge is -2.21. The van der Waals surface area contributed by atoms with E-state index in [0.717, 1.165) is 41.8 Å². The summed E-state index contributed by atoms with van der Waals surface area (Å²) in [7, 11) is 0. The van der Waals surface area contributed by atoms with Crippen molar-refractivity contribution in [3.63, 3.8) is 0 Å². The van der Waals surface area contributed by atoms with Crippen LogP contribution < -0.4 is 10.2 Å². The second-order valence-electron chi connectivity index (χ2n) is 7.75. The molecule has 3 heterocycles. The van der Waals surface area contributed by atoms with E-state index >= 15 is 0 Å². The van der Waals surface area contributed by atoms with Gasteiger partial charge >= 0.3 is 0 Å². The second-order valence-corrected chi connectivity index (χ2v) is 7.75. The first kappa shape index (κ1) is 18.4. The van der Waals surface area contributed by atoms with Gasteiger partial charge in [-0.1, -0.05) is 36.4 Å². The fraction of sp³-hybridized carbons (Fsp3) is 0.208. The number of carbonyl (C=O) groups is 1. The van der Waals surface area contributed by atoms with E-state index in [4.69, 9.17) is 0 Å². The highest BCUT2D eigenvalue weighted by molar-refractivity contribution is 6.07. The minimum atomic E-state index is -0.156. The Kier molecular flexibility index (Phi) is 4.47. The molecule has 5 rings (SSSR count). The van der Waals surface area contributed by atoms with E-state index in [-0.39, 0.29) is 5.91 Å². The van der Waals surface area contributed by atoms with Crippen LogP contribution in [0.15, 0.2) is 54.6 Å². The molecule has 0 atom stereocenters. The SMILES string of the molecule is Cc1nc2n[nH]c(C)c2cc1C(=O)Nc1ccccc1CN1CCc2ccccc21. The van der Waals surface area contributed by atoms with Gasteiger partial charge in [0.15, 0.2) is 5.65 Å². The van der Waals surface area contributed by atoms with E-state index in [1.54, 1.807) is 0 Å². The third-order valence-corrected chi connectivity index (χ3v) is 5.78. The number of anilines is 2. The Morgan fingerprint density at radius 3 is 2.83 bits per heavy atom. The number of hydrogen-bond donors (Lipinski definition) is 2. The summed E-state index contributed by atoms with van der Waals surface area (Å²) in [6.45, 7) is 5.51. The fourth-order valence-electron chi connectivity index (χ4n) is 4.13. The van der Waals surface area contributed by atoms with Gasteiger partial charge in [0.2, 0.25) is 0 Å². The summed E-state index contributed by atoms with van der Waals surface area (Å²) in [5.41, 5.74) is 7.34. The van der Waals surface area contributed by atoms with Crippen LogP contribution in [0.25, 0.3) is 11.0 Å². The first-order valence-corrected chi connectivity index (χ1v) is 10.1. The third-order valence-electron chi connectivity index (χ3n) is 5.78. The normalized spacial score (nSPS) is 12.9. The van der Waals surface area contributed by atoms with Gasteiger partial charge in [0.1, 0.15) is 0 Å². The lowest BCUT2D eigenvalue weighted by atomic mass is 10.1. The molecule has 2 aromatic heterocycles. The van der Waals surface area contributed by atoms with Crippen LogP contribution in [0.5, 0.6) is 0 Å². The standard InChI is InChI=1S/C24H23N5O/c1-15-20(13-19-16(2)27-28-23(19)25-15)24(30)26-21-9-5-3-8-18(21)14-29-12-11-17-7-4-6-10-22(17)29/h3-10,13H,11-12,14H2,1-2H3,(H,26,30)(H,25,27,28). The third kappa shape index (κ3) is 3.20. The van der Waals surface area contributed by atoms with E-state index < -0.39 is 0 Å². The van der Waals surface area contributed by atoms with Crippen LogP contribution in [0, 0.1) is 13.8 Å². The van der Waals surface area contributed by atoms with E-state index in [1.165, 1.54) is 11.3 Å². The number of benzene rings is 2. The number of nitrogens with one attached hydrogen (secondary N) is 2. The summed E-state index contributed by atoms with van der Waals surface area (Å²) >= 11 is 0. The molecule has 0 bridgehead atoms. The summed E-state index contributed by atoms with van der Waals surface area (Å²) in [6.07, 6.45) is 1.06. The van der Waals surface area contributed by atoms with Gasteiger partial charge < -0.3 is 10.2 Å². The molecule has 1 aliphatic rings. The Labute approximate surface area is 174 Å². The maximum Gasteiger partial charge on any atom is 0.257 e. The van der Waals surface area contributed by atoms with Crippen molar-refractivity contribution >= 4 is 28.3 Å². The second kappa shape index (κ2) is 7.30. The minimum absolute atomic E-state index is 0.156. The Bertz CT molecular complexity index is 1260. The number of para-hydroxylation sites is 2. The van der Waals surface area contributed by atoms with E-state index in [1.807, 2.05) is 38.1 Å². The summed E-state index contributed by atoms with van der Waals surface area (Å²) < 4.78 is 0. The zero-order chi connectivity index (χ0) is 20.7. The molecular weight excluding hydrogens is 374 g/mol. The zero-order valence-electron chi connectivity index (χ0n) is 17.1. The number of nitrogens with zero attached hydrogens (tertiary/aromatic N) is 3. The molecule has 0 saturated heterocycles. The first-order valence-electron chi connectivity index (χ1n) is 10.1. The van der Waals surface area contributed by atoms with Crippen LogP contribution in [0.2, 0.25) is 0 Å². The number of pyridine rings is 1. The minimum Gasteiger partial charge on any atom is -0.367 e. The Morgan fingerprint density at radius 2 is 1.93 bits per heavy atom. The van der Waals surface area contributed by atoms with Crippen LogP contribution in [0.4, 0.5) is 11.4 Å². The largest absolute Gasteiger partial charge is 0.367 e. The van der Waals surface area contributed by atoms with Gasteiger partial charge in [-0.15, -0.1) is 0 Å². The van der Waals surface area contributed by atoms with Gasteiger partial charge in [-0.3, -0.25) is 9.89 Å². The first-order chi connectivity index (χ1) is 14.6. The average molecular weight is 397 g/mol. The Morgan fingerprint density at radius 1 is 1.13 bits per heavy atom. The van der Waals surface area contributed by atoms with Crippen molar-refractivity contribution in [3.05, 3.63) is 82.7 Å². The molecule has 2 N–H and O–H groups in total. The molecule has 6 nitrogen and oxygen atoms in total. The zero-order valence-corrected chi connectivity index (χ0v) is 17.1. The molecule has 0 radical (unpaired) electrons. The van der Waals surface area contributed by atoms with Gasteiger partial charge in [0, 0.05) is 35.5 Å². The number of aromatic nitrogens is 3. The maximum atomic E-state index is 13.1. The van der Waals surface area contributed by atoms with Crippen molar-refractivity contribution in [2.75, 3.05) is 16.8 Å². The number of rotatable bonds is 4. The van der Waals surface area contributed by atoms with Crippen molar-refractivity contribution in [1.29, 1.82) is 0 Å². The molecular formula is C24H23N5O. The number of aryl methyl sites for hydroxylation is 2. The lowest BCUT2D eigenvalue weighted by Crippen LogP contribution is -2.22. The quantitative estimate of drug-likeness (QED) is 0.536. The Hall–Kier alpha value is -3.67. The van der Waals surface area contributed by atoms with E-state index in [9.17, 15) is 4.79 Å². The molecule has 150 valence electrons. The van der Waals surface area contributed by atoms with Gasteiger partial charge in [-0.05, 0) is 49.6 Å². The fourth-order valence-corrected chi connectivity index (χ4v) is 4.13. The molecule has 0 spiro atoms. The molecule has 6 heteroatoms. The summed E-state index contributed by atoms with van der Waals surface area (Å²) in [4.78, 5) is 20.0. The van der Waals surface area contributed by atoms with Crippen molar-refractivity contribution in [1.82, 2.24) is 15.2 Å². The predicted octanol–water partition coefficient (Wildman–Crippen LogP) is 4.39. The van der Waals surface area contributed by atoms with Crippen molar-refractivity contribution in [2.45, 2.75) is 26.8 Å². The number of aromatic amines is 1. The number of fused-ring (bicyclic) bond motifs is 2. The van der Waals surface area contributed by atoms with Gasteiger partial charge in [-0.2, -0.15) is 5.10 Å². The predicted molar refractivity (Wildman–Crippen MR) is 119 cm³/mol. The maximum absolute atomic E-state index is 13.1. The highest BCUT2D eigenvalue weighted by Crippen LogP contribution is 2.30. The molecule has 0 fully saturated rings. The molecule has 2 aromatic carbocycles. The molecule has 0 unspecified atom stereocenters. The lowest BCUT2D eigenvalue weighted by molar-refractivity contribution is 0.102. The molecule has 1 amide bonds. The summed E-state index contributed by atoms with van der Waals surface area (Å²) in [5, 5.41) is 11.1. The van der Waals surface area contributed by atoms with Gasteiger partial charge in [0.05, 0.1) is 11.3 Å². The summed E-state index contributed by atoms with van der Waals surface area (Å²) in [6, 6.07) is 18.4. The van der Waals surface area contributed by atoms with Crippen molar-refractivity contribution < 1.29 is 4.79 Å². The monoisotopic (exact) mass is 397 g/mol. The van der Waals surface area contributed by atoms with Crippen LogP contribution in [-0.2, 0) is 13.0 Å². The molecule has 30 heavy (non-hydrogen) atoms. The summed E-state index contributed by atoms with van der Waals surface area (Å²) in [5.74, 6) is -0.156. The highest BCUT2D eigenvalue weighted by atomic mass is 16.1. The molecule has 1 aliphatic heterocycles. The smallest absolute Gasteiger partial charge is 0.257 e. The number of H-pyrrole nitrogens is 1. The molecule has 0 aliphatic carbocycles. The van der Waals surface area contributed by atoms with Gasteiger partial charge in [0.25, 0.3) is 5.91 Å². The van der Waals surface area contributed by atoms with E-state index in [2.05, 4.69) is 55.7 Å². The van der Waals surface area contributed by atoms with Gasteiger partial charge in [-0.25, -0.2) is 4.98 Å². The van der Waals surface area contributed by atoms with Crippen molar-refractivity contribution in [2.24, 2.45) is 0 Å². The Balaban J connectivity index is 1.42. The van der Waals surface area contributed by atoms with Crippen molar-refractivity contribution in [3.8, 4) is 0 Å². The van der Waals surface area contributed by atoms with Crippen LogP contribution in [0.3, 0.4) is 0 Å². The van der Waals surface area contributed by atoms with Crippen LogP contribution in [-0.4, -0.2) is 27.6 Å².